The molecule has 8 nitrogen and oxygen atoms in total. The molecule has 304 valence electrons. The zero-order valence-corrected chi connectivity index (χ0v) is 35.1. The number of amides is 1. The Labute approximate surface area is 320 Å². The lowest BCUT2D eigenvalue weighted by Crippen LogP contribution is -2.45. The molecule has 0 saturated carbocycles. The summed E-state index contributed by atoms with van der Waals surface area (Å²) in [4.78, 5) is 25.2. The van der Waals surface area contributed by atoms with E-state index in [2.05, 4.69) is 55.6 Å². The number of rotatable bonds is 37. The molecule has 52 heavy (non-hydrogen) atoms. The zero-order valence-electron chi connectivity index (χ0n) is 34.2. The van der Waals surface area contributed by atoms with Gasteiger partial charge in [-0.2, -0.15) is 0 Å². The van der Waals surface area contributed by atoms with Gasteiger partial charge in [0.25, 0.3) is 7.82 Å². The fourth-order valence-corrected chi connectivity index (χ4v) is 6.34. The number of likely N-dealkylation sites (N-methyl/N-ethyl adjacent to an activating group) is 1. The zero-order chi connectivity index (χ0) is 38.6. The van der Waals surface area contributed by atoms with Crippen LogP contribution >= 0.6 is 7.82 Å². The van der Waals surface area contributed by atoms with E-state index in [4.69, 9.17) is 9.05 Å². The SMILES string of the molecule is CCC/C=C\C/C=C\CCCCCCCC(=O)NC(COP(=O)([O-])OCC[N+](C)(C)C)C(O)/C=C/CC/C=C/CCCCCCCCCCCCC. The summed E-state index contributed by atoms with van der Waals surface area (Å²) in [7, 11) is 1.23. The molecular weight excluding hydrogens is 671 g/mol. The van der Waals surface area contributed by atoms with Gasteiger partial charge in [0, 0.05) is 6.42 Å². The molecule has 2 N–H and O–H groups in total. The monoisotopic (exact) mass is 753 g/mol. The number of hydrogen-bond acceptors (Lipinski definition) is 6. The average molecular weight is 753 g/mol. The summed E-state index contributed by atoms with van der Waals surface area (Å²) in [5, 5.41) is 13.7. The molecule has 0 bridgehead atoms. The smallest absolute Gasteiger partial charge is 0.268 e. The maximum Gasteiger partial charge on any atom is 0.268 e. The van der Waals surface area contributed by atoms with Gasteiger partial charge in [0.1, 0.15) is 13.2 Å². The number of phosphoric ester groups is 1. The molecule has 0 spiro atoms. The molecule has 1 amide bonds. The average Bonchev–Trinajstić information content (AvgIpc) is 3.09. The van der Waals surface area contributed by atoms with E-state index in [0.717, 1.165) is 70.6 Å². The van der Waals surface area contributed by atoms with Crippen LogP contribution in [0.1, 0.15) is 168 Å². The van der Waals surface area contributed by atoms with E-state index in [1.807, 2.05) is 27.2 Å². The van der Waals surface area contributed by atoms with Crippen molar-refractivity contribution in [2.45, 2.75) is 180 Å². The largest absolute Gasteiger partial charge is 0.756 e. The number of quaternary nitrogens is 1. The summed E-state index contributed by atoms with van der Waals surface area (Å²) in [6.07, 6.45) is 43.0. The Kier molecular flexibility index (Phi) is 34.1. The number of carbonyl (C=O) groups excluding carboxylic acids is 1. The van der Waals surface area contributed by atoms with Crippen LogP contribution in [0, 0.1) is 0 Å². The first-order valence-corrected chi connectivity index (χ1v) is 22.5. The third-order valence-electron chi connectivity index (χ3n) is 8.99. The molecule has 3 unspecified atom stereocenters. The van der Waals surface area contributed by atoms with Crippen LogP contribution in [0.5, 0.6) is 0 Å². The van der Waals surface area contributed by atoms with Gasteiger partial charge in [-0.05, 0) is 57.8 Å². The van der Waals surface area contributed by atoms with Gasteiger partial charge in [-0.15, -0.1) is 0 Å². The minimum atomic E-state index is -4.60. The van der Waals surface area contributed by atoms with Gasteiger partial charge >= 0.3 is 0 Å². The third kappa shape index (κ3) is 36.8. The standard InChI is InChI=1S/C43H81N2O6P/c1-6-8-10-12-14-16-18-20-21-22-23-25-26-28-30-32-34-36-42(46)41(40-51-52(48,49)50-39-38-45(3,4)5)44-43(47)37-35-33-31-29-27-24-19-17-15-13-11-9-7-2/h11,13,17,19,26,28,34,36,41-42,46H,6-10,12,14-16,18,20-25,27,29-33,35,37-40H2,1-5H3,(H-,44,47,48,49)/b13-11-,19-17-,28-26+,36-34+. The van der Waals surface area contributed by atoms with Crippen molar-refractivity contribution in [3.63, 3.8) is 0 Å². The van der Waals surface area contributed by atoms with Crippen molar-refractivity contribution in [1.29, 1.82) is 0 Å². The Balaban J connectivity index is 4.55. The van der Waals surface area contributed by atoms with Crippen LogP contribution in [0.15, 0.2) is 48.6 Å². The van der Waals surface area contributed by atoms with Crippen molar-refractivity contribution in [2.75, 3.05) is 40.9 Å². The predicted molar refractivity (Wildman–Crippen MR) is 219 cm³/mol. The molecule has 0 aromatic carbocycles. The molecule has 0 saturated heterocycles. The van der Waals surface area contributed by atoms with Crippen molar-refractivity contribution in [1.82, 2.24) is 5.32 Å². The molecule has 0 rings (SSSR count). The minimum absolute atomic E-state index is 0.0107. The number of unbranched alkanes of at least 4 members (excludes halogenated alkanes) is 18. The van der Waals surface area contributed by atoms with Crippen molar-refractivity contribution in [3.8, 4) is 0 Å². The van der Waals surface area contributed by atoms with Crippen LogP contribution in [-0.4, -0.2) is 68.5 Å². The van der Waals surface area contributed by atoms with Gasteiger partial charge in [-0.3, -0.25) is 9.36 Å². The maximum atomic E-state index is 12.8. The molecule has 0 aliphatic carbocycles. The molecule has 0 aliphatic heterocycles. The Hall–Kier alpha value is -1.54. The first kappa shape index (κ1) is 50.5. The molecular formula is C43H81N2O6P. The molecule has 9 heteroatoms. The quantitative estimate of drug-likeness (QED) is 0.0283. The molecule has 0 aliphatic rings. The summed E-state index contributed by atoms with van der Waals surface area (Å²) in [6, 6.07) is -0.909. The number of allylic oxidation sites excluding steroid dienone is 7. The minimum Gasteiger partial charge on any atom is -0.756 e. The van der Waals surface area contributed by atoms with E-state index < -0.39 is 26.6 Å². The summed E-state index contributed by atoms with van der Waals surface area (Å²) in [6.45, 7) is 4.53. The summed E-state index contributed by atoms with van der Waals surface area (Å²) >= 11 is 0. The van der Waals surface area contributed by atoms with Crippen LogP contribution in [0.25, 0.3) is 0 Å². The van der Waals surface area contributed by atoms with Gasteiger partial charge in [-0.1, -0.05) is 152 Å². The van der Waals surface area contributed by atoms with Crippen LogP contribution < -0.4 is 10.2 Å². The lowest BCUT2D eigenvalue weighted by molar-refractivity contribution is -0.870. The molecule has 0 aromatic rings. The summed E-state index contributed by atoms with van der Waals surface area (Å²) in [5.41, 5.74) is 0. The Morgan fingerprint density at radius 3 is 1.75 bits per heavy atom. The highest BCUT2D eigenvalue weighted by molar-refractivity contribution is 7.45. The first-order valence-electron chi connectivity index (χ1n) is 21.0. The molecule has 0 fully saturated rings. The highest BCUT2D eigenvalue weighted by atomic mass is 31.2. The number of carbonyl (C=O) groups is 1. The van der Waals surface area contributed by atoms with E-state index in [-0.39, 0.29) is 12.5 Å². The number of hydrogen-bond donors (Lipinski definition) is 2. The van der Waals surface area contributed by atoms with Gasteiger partial charge in [0.15, 0.2) is 0 Å². The van der Waals surface area contributed by atoms with E-state index in [9.17, 15) is 19.4 Å². The number of aliphatic hydroxyl groups excluding tert-OH is 1. The number of phosphoric acid groups is 1. The fraction of sp³-hybridized carbons (Fsp3) is 0.791. The predicted octanol–water partition coefficient (Wildman–Crippen LogP) is 10.7. The highest BCUT2D eigenvalue weighted by Gasteiger charge is 2.23. The van der Waals surface area contributed by atoms with E-state index in [0.29, 0.717) is 17.4 Å². The molecule has 0 radical (unpaired) electrons. The highest BCUT2D eigenvalue weighted by Crippen LogP contribution is 2.38. The van der Waals surface area contributed by atoms with Gasteiger partial charge in [0.2, 0.25) is 5.91 Å². The fourth-order valence-electron chi connectivity index (χ4n) is 5.62. The Morgan fingerprint density at radius 2 is 1.17 bits per heavy atom. The van der Waals surface area contributed by atoms with Crippen LogP contribution in [-0.2, 0) is 18.4 Å². The number of nitrogens with zero attached hydrogens (tertiary/aromatic N) is 1. The first-order chi connectivity index (χ1) is 25.0. The van der Waals surface area contributed by atoms with E-state index >= 15 is 0 Å². The summed E-state index contributed by atoms with van der Waals surface area (Å²) < 4.78 is 23.1. The number of aliphatic hydroxyl groups is 1. The Bertz CT molecular complexity index is 991. The van der Waals surface area contributed by atoms with Crippen LogP contribution in [0.3, 0.4) is 0 Å². The molecule has 0 heterocycles. The second kappa shape index (κ2) is 35.2. The Morgan fingerprint density at radius 1 is 0.673 bits per heavy atom. The lowest BCUT2D eigenvalue weighted by atomic mass is 10.1. The number of nitrogens with one attached hydrogen (secondary N) is 1. The third-order valence-corrected chi connectivity index (χ3v) is 9.96. The maximum absolute atomic E-state index is 12.8. The van der Waals surface area contributed by atoms with Crippen molar-refractivity contribution in [2.24, 2.45) is 0 Å². The normalized spacial score (nSPS) is 15.0. The topological polar surface area (TPSA) is 108 Å². The van der Waals surface area contributed by atoms with Crippen molar-refractivity contribution in [3.05, 3.63) is 48.6 Å². The van der Waals surface area contributed by atoms with E-state index in [1.165, 1.54) is 77.0 Å². The van der Waals surface area contributed by atoms with E-state index in [1.54, 1.807) is 6.08 Å². The summed E-state index contributed by atoms with van der Waals surface area (Å²) in [5.74, 6) is -0.225. The van der Waals surface area contributed by atoms with Gasteiger partial charge in [-0.25, -0.2) is 0 Å². The van der Waals surface area contributed by atoms with Crippen LogP contribution in [0.4, 0.5) is 0 Å². The molecule has 0 aromatic heterocycles. The second-order valence-electron chi connectivity index (χ2n) is 15.3. The molecule has 3 atom stereocenters. The van der Waals surface area contributed by atoms with Gasteiger partial charge in [0.05, 0.1) is 39.9 Å². The lowest BCUT2D eigenvalue weighted by Gasteiger charge is -2.29. The van der Waals surface area contributed by atoms with Gasteiger partial charge < -0.3 is 28.8 Å². The van der Waals surface area contributed by atoms with Crippen molar-refractivity contribution < 1.29 is 32.9 Å². The second-order valence-corrected chi connectivity index (χ2v) is 16.7. The van der Waals surface area contributed by atoms with Crippen molar-refractivity contribution >= 4 is 13.7 Å². The van der Waals surface area contributed by atoms with Crippen LogP contribution in [0.2, 0.25) is 0 Å².